The fourth-order valence-corrected chi connectivity index (χ4v) is 5.82. The molecule has 3 rings (SSSR count). The lowest BCUT2D eigenvalue weighted by atomic mass is 9.97. The largest absolute Gasteiger partial charge is 0.465 e. The Bertz CT molecular complexity index is 859. The van der Waals surface area contributed by atoms with E-state index in [0.717, 1.165) is 19.6 Å². The predicted molar refractivity (Wildman–Crippen MR) is 113 cm³/mol. The molecule has 0 unspecified atom stereocenters. The number of likely N-dealkylation sites (N-methyl/N-ethyl adjacent to an activating group) is 1. The molecule has 9 heteroatoms. The minimum Gasteiger partial charge on any atom is -0.465 e. The van der Waals surface area contributed by atoms with Crippen molar-refractivity contribution in [1.82, 2.24) is 14.1 Å². The second-order valence-corrected chi connectivity index (χ2v) is 9.88. The molecule has 0 radical (unpaired) electrons. The standard InChI is InChI=1S/C21H31N3O5S/c1-22(15-16-23-11-5-6-12-23)20(25)17-9-13-24(14-10-17)30(27,28)19-8-4-3-7-18(19)21(26)29-2/h3-4,7-8,17H,5-6,9-16H2,1-2H3. The molecule has 0 atom stereocenters. The number of piperidine rings is 1. The van der Waals surface area contributed by atoms with E-state index in [9.17, 15) is 18.0 Å². The van der Waals surface area contributed by atoms with Crippen molar-refractivity contribution in [2.24, 2.45) is 5.92 Å². The Balaban J connectivity index is 1.59. The number of benzene rings is 1. The van der Waals surface area contributed by atoms with Gasteiger partial charge in [0.25, 0.3) is 0 Å². The van der Waals surface area contributed by atoms with Gasteiger partial charge in [-0.2, -0.15) is 4.31 Å². The van der Waals surface area contributed by atoms with Crippen molar-refractivity contribution in [2.45, 2.75) is 30.6 Å². The number of esters is 1. The van der Waals surface area contributed by atoms with Gasteiger partial charge >= 0.3 is 5.97 Å². The summed E-state index contributed by atoms with van der Waals surface area (Å²) < 4.78 is 32.3. The topological polar surface area (TPSA) is 87.2 Å². The molecule has 2 saturated heterocycles. The van der Waals surface area contributed by atoms with Crippen LogP contribution in [0.2, 0.25) is 0 Å². The van der Waals surface area contributed by atoms with Gasteiger partial charge in [0.2, 0.25) is 15.9 Å². The summed E-state index contributed by atoms with van der Waals surface area (Å²) in [6.45, 7) is 4.31. The molecule has 1 aromatic rings. The van der Waals surface area contributed by atoms with E-state index in [0.29, 0.717) is 19.4 Å². The molecule has 30 heavy (non-hydrogen) atoms. The predicted octanol–water partition coefficient (Wildman–Crippen LogP) is 1.43. The number of likely N-dealkylation sites (tertiary alicyclic amines) is 1. The fraction of sp³-hybridized carbons (Fsp3) is 0.619. The molecule has 0 aromatic heterocycles. The lowest BCUT2D eigenvalue weighted by Gasteiger charge is -2.33. The van der Waals surface area contributed by atoms with Gasteiger partial charge in [-0.1, -0.05) is 12.1 Å². The monoisotopic (exact) mass is 437 g/mol. The van der Waals surface area contributed by atoms with E-state index in [4.69, 9.17) is 4.74 Å². The van der Waals surface area contributed by atoms with Crippen LogP contribution >= 0.6 is 0 Å². The molecule has 1 aromatic carbocycles. The van der Waals surface area contributed by atoms with E-state index in [1.807, 2.05) is 7.05 Å². The van der Waals surface area contributed by atoms with Crippen LogP contribution in [-0.4, -0.2) is 87.8 Å². The summed E-state index contributed by atoms with van der Waals surface area (Å²) in [6.07, 6.45) is 3.41. The molecule has 0 bridgehead atoms. The van der Waals surface area contributed by atoms with E-state index in [1.165, 1.54) is 36.4 Å². The molecule has 1 amide bonds. The molecular weight excluding hydrogens is 406 g/mol. The lowest BCUT2D eigenvalue weighted by molar-refractivity contribution is -0.135. The fourth-order valence-electron chi connectivity index (χ4n) is 4.17. The van der Waals surface area contributed by atoms with E-state index in [2.05, 4.69) is 4.90 Å². The number of hydrogen-bond donors (Lipinski definition) is 0. The van der Waals surface area contributed by atoms with E-state index in [1.54, 1.807) is 17.0 Å². The molecule has 0 spiro atoms. The number of ether oxygens (including phenoxy) is 1. The average Bonchev–Trinajstić information content (AvgIpc) is 3.30. The minimum atomic E-state index is -3.84. The van der Waals surface area contributed by atoms with Crippen molar-refractivity contribution in [3.05, 3.63) is 29.8 Å². The summed E-state index contributed by atoms with van der Waals surface area (Å²) in [5, 5.41) is 0. The molecule has 2 heterocycles. The number of methoxy groups -OCH3 is 1. The first kappa shape index (κ1) is 22.7. The van der Waals surface area contributed by atoms with Gasteiger partial charge in [0.15, 0.2) is 0 Å². The van der Waals surface area contributed by atoms with Gasteiger partial charge in [0.05, 0.1) is 17.6 Å². The lowest BCUT2D eigenvalue weighted by Crippen LogP contribution is -2.45. The molecule has 2 fully saturated rings. The minimum absolute atomic E-state index is 0.0276. The van der Waals surface area contributed by atoms with Gasteiger partial charge in [0.1, 0.15) is 0 Å². The third-order valence-electron chi connectivity index (χ3n) is 6.04. The Morgan fingerprint density at radius 2 is 1.73 bits per heavy atom. The highest BCUT2D eigenvalue weighted by Gasteiger charge is 2.35. The number of sulfonamides is 1. The second-order valence-electron chi connectivity index (χ2n) is 7.97. The molecule has 0 aliphatic carbocycles. The quantitative estimate of drug-likeness (QED) is 0.600. The number of carbonyl (C=O) groups excluding carboxylic acids is 2. The Morgan fingerprint density at radius 1 is 1.10 bits per heavy atom. The molecule has 0 saturated carbocycles. The third kappa shape index (κ3) is 5.01. The number of rotatable bonds is 7. The van der Waals surface area contributed by atoms with Crippen LogP contribution in [0, 0.1) is 5.92 Å². The van der Waals surface area contributed by atoms with Crippen LogP contribution in [0.25, 0.3) is 0 Å². The maximum atomic E-state index is 13.1. The van der Waals surface area contributed by atoms with Crippen molar-refractivity contribution in [1.29, 1.82) is 0 Å². The van der Waals surface area contributed by atoms with Gasteiger partial charge in [-0.25, -0.2) is 13.2 Å². The van der Waals surface area contributed by atoms with Crippen LogP contribution in [0.3, 0.4) is 0 Å². The number of carbonyl (C=O) groups is 2. The number of nitrogens with zero attached hydrogens (tertiary/aromatic N) is 3. The van der Waals surface area contributed by atoms with Crippen LogP contribution in [0.4, 0.5) is 0 Å². The average molecular weight is 438 g/mol. The highest BCUT2D eigenvalue weighted by molar-refractivity contribution is 7.89. The van der Waals surface area contributed by atoms with Crippen molar-refractivity contribution >= 4 is 21.9 Å². The molecule has 2 aliphatic heterocycles. The van der Waals surface area contributed by atoms with Crippen LogP contribution in [0.1, 0.15) is 36.0 Å². The SMILES string of the molecule is COC(=O)c1ccccc1S(=O)(=O)N1CCC(C(=O)N(C)CCN2CCCC2)CC1. The molecular formula is C21H31N3O5S. The van der Waals surface area contributed by atoms with Crippen molar-refractivity contribution in [3.8, 4) is 0 Å². The van der Waals surface area contributed by atoms with Gasteiger partial charge in [-0.3, -0.25) is 4.79 Å². The van der Waals surface area contributed by atoms with Gasteiger partial charge in [-0.15, -0.1) is 0 Å². The second kappa shape index (κ2) is 9.89. The molecule has 0 N–H and O–H groups in total. The van der Waals surface area contributed by atoms with Crippen LogP contribution < -0.4 is 0 Å². The van der Waals surface area contributed by atoms with E-state index < -0.39 is 16.0 Å². The Morgan fingerprint density at radius 3 is 2.37 bits per heavy atom. The highest BCUT2D eigenvalue weighted by Crippen LogP contribution is 2.27. The summed E-state index contributed by atoms with van der Waals surface area (Å²) >= 11 is 0. The maximum absolute atomic E-state index is 13.1. The summed E-state index contributed by atoms with van der Waals surface area (Å²) in [4.78, 5) is 28.9. The van der Waals surface area contributed by atoms with E-state index >= 15 is 0 Å². The summed E-state index contributed by atoms with van der Waals surface area (Å²) in [5.41, 5.74) is 0.0276. The normalized spacial score (nSPS) is 19.0. The first-order valence-corrected chi connectivity index (χ1v) is 11.9. The van der Waals surface area contributed by atoms with Gasteiger partial charge in [-0.05, 0) is 50.9 Å². The zero-order valence-electron chi connectivity index (χ0n) is 17.7. The molecule has 8 nitrogen and oxygen atoms in total. The Hall–Kier alpha value is -1.97. The van der Waals surface area contributed by atoms with Crippen LogP contribution in [0.5, 0.6) is 0 Å². The van der Waals surface area contributed by atoms with Crippen molar-refractivity contribution in [3.63, 3.8) is 0 Å². The number of hydrogen-bond acceptors (Lipinski definition) is 6. The van der Waals surface area contributed by atoms with Gasteiger partial charge in [0, 0.05) is 39.1 Å². The Kier molecular flexibility index (Phi) is 7.49. The maximum Gasteiger partial charge on any atom is 0.339 e. The smallest absolute Gasteiger partial charge is 0.339 e. The highest BCUT2D eigenvalue weighted by atomic mass is 32.2. The summed E-state index contributed by atoms with van der Waals surface area (Å²) in [5.74, 6) is -0.768. The molecule has 166 valence electrons. The first-order valence-electron chi connectivity index (χ1n) is 10.5. The Labute approximate surface area is 178 Å². The van der Waals surface area contributed by atoms with Gasteiger partial charge < -0.3 is 14.5 Å². The van der Waals surface area contributed by atoms with Crippen molar-refractivity contribution in [2.75, 3.05) is 53.4 Å². The summed E-state index contributed by atoms with van der Waals surface area (Å²) in [6, 6.07) is 6.06. The first-order chi connectivity index (χ1) is 14.3. The molecule has 2 aliphatic rings. The summed E-state index contributed by atoms with van der Waals surface area (Å²) in [7, 11) is -0.785. The third-order valence-corrected chi connectivity index (χ3v) is 8.00. The van der Waals surface area contributed by atoms with Crippen LogP contribution in [-0.2, 0) is 19.6 Å². The van der Waals surface area contributed by atoms with Crippen LogP contribution in [0.15, 0.2) is 29.2 Å². The number of amides is 1. The zero-order chi connectivity index (χ0) is 21.7. The van der Waals surface area contributed by atoms with E-state index in [-0.39, 0.29) is 35.4 Å². The zero-order valence-corrected chi connectivity index (χ0v) is 18.6. The van der Waals surface area contributed by atoms with Crippen molar-refractivity contribution < 1.29 is 22.7 Å².